The Bertz CT molecular complexity index is 431. The molecule has 2 unspecified atom stereocenters. The number of likely N-dealkylation sites (tertiary alicyclic amines) is 1. The molecule has 1 amide bonds. The normalized spacial score (nSPS) is 26.6. The third-order valence-electron chi connectivity index (χ3n) is 5.30. The molecule has 1 aliphatic heterocycles. The molecule has 2 fully saturated rings. The highest BCUT2D eigenvalue weighted by Gasteiger charge is 2.31. The average molecular weight is 338 g/mol. The van der Waals surface area contributed by atoms with Gasteiger partial charge in [0, 0.05) is 38.3 Å². The van der Waals surface area contributed by atoms with E-state index in [-0.39, 0.29) is 12.5 Å². The molecule has 6 heteroatoms. The van der Waals surface area contributed by atoms with E-state index in [0.29, 0.717) is 24.0 Å². The molecule has 0 aromatic heterocycles. The zero-order chi connectivity index (χ0) is 17.5. The number of carbonyl (C=O) groups excluding carboxylic acids is 1. The van der Waals surface area contributed by atoms with Gasteiger partial charge in [-0.05, 0) is 32.6 Å². The molecule has 1 saturated carbocycles. The molecule has 2 aliphatic rings. The van der Waals surface area contributed by atoms with E-state index in [1.807, 2.05) is 0 Å². The summed E-state index contributed by atoms with van der Waals surface area (Å²) in [7, 11) is 1.76. The number of nitrogens with zero attached hydrogens (tertiary/aromatic N) is 2. The van der Waals surface area contributed by atoms with Crippen LogP contribution in [0, 0.1) is 5.92 Å². The summed E-state index contributed by atoms with van der Waals surface area (Å²) >= 11 is 0. The summed E-state index contributed by atoms with van der Waals surface area (Å²) in [6.07, 6.45) is 5.99. The molecule has 138 valence electrons. The van der Waals surface area contributed by atoms with Crippen molar-refractivity contribution in [3.63, 3.8) is 0 Å². The molecule has 1 heterocycles. The summed E-state index contributed by atoms with van der Waals surface area (Å²) in [6.45, 7) is 9.14. The van der Waals surface area contributed by atoms with Crippen LogP contribution in [0.5, 0.6) is 0 Å². The molecule has 2 atom stereocenters. The van der Waals surface area contributed by atoms with Crippen LogP contribution in [0.2, 0.25) is 0 Å². The summed E-state index contributed by atoms with van der Waals surface area (Å²) < 4.78 is 0. The molecule has 1 aliphatic carbocycles. The molecule has 0 aromatic carbocycles. The van der Waals surface area contributed by atoms with Crippen LogP contribution in [0.3, 0.4) is 0 Å². The van der Waals surface area contributed by atoms with Crippen molar-refractivity contribution < 1.29 is 4.79 Å². The zero-order valence-corrected chi connectivity index (χ0v) is 15.8. The summed E-state index contributed by atoms with van der Waals surface area (Å²) in [5.74, 6) is 1.35. The first-order valence-electron chi connectivity index (χ1n) is 9.50. The lowest BCUT2D eigenvalue weighted by Crippen LogP contribution is -2.50. The Morgan fingerprint density at radius 3 is 2.46 bits per heavy atom. The van der Waals surface area contributed by atoms with Gasteiger partial charge in [0.05, 0.1) is 6.54 Å². The number of amides is 1. The van der Waals surface area contributed by atoms with E-state index >= 15 is 0 Å². The Kier molecular flexibility index (Phi) is 7.34. The first-order chi connectivity index (χ1) is 11.5. The summed E-state index contributed by atoms with van der Waals surface area (Å²) in [4.78, 5) is 18.9. The van der Waals surface area contributed by atoms with Crippen molar-refractivity contribution in [1.82, 2.24) is 20.9 Å². The highest BCUT2D eigenvalue weighted by molar-refractivity contribution is 5.86. The Hall–Kier alpha value is -1.30. The molecule has 0 spiro atoms. The Labute approximate surface area is 146 Å². The lowest BCUT2D eigenvalue weighted by atomic mass is 9.95. The lowest BCUT2D eigenvalue weighted by Gasteiger charge is -2.24. The smallest absolute Gasteiger partial charge is 0.239 e. The fraction of sp³-hybridized carbons (Fsp3) is 0.889. The van der Waals surface area contributed by atoms with Gasteiger partial charge in [-0.3, -0.25) is 14.7 Å². The van der Waals surface area contributed by atoms with Gasteiger partial charge in [-0.1, -0.05) is 26.2 Å². The maximum atomic E-state index is 12.1. The summed E-state index contributed by atoms with van der Waals surface area (Å²) in [5, 5.41) is 9.77. The minimum Gasteiger partial charge on any atom is -0.352 e. The van der Waals surface area contributed by atoms with Crippen LogP contribution in [0.25, 0.3) is 0 Å². The van der Waals surface area contributed by atoms with Gasteiger partial charge < -0.3 is 16.0 Å². The van der Waals surface area contributed by atoms with Gasteiger partial charge in [-0.25, -0.2) is 0 Å². The molecule has 24 heavy (non-hydrogen) atoms. The van der Waals surface area contributed by atoms with Crippen LogP contribution < -0.4 is 16.0 Å². The number of hydrogen-bond donors (Lipinski definition) is 3. The van der Waals surface area contributed by atoms with E-state index in [1.165, 1.54) is 19.3 Å². The predicted octanol–water partition coefficient (Wildman–Crippen LogP) is 1.33. The monoisotopic (exact) mass is 337 g/mol. The maximum Gasteiger partial charge on any atom is 0.239 e. The van der Waals surface area contributed by atoms with Crippen LogP contribution in [0.4, 0.5) is 0 Å². The molecule has 2 rings (SSSR count). The molecule has 0 bridgehead atoms. The third-order valence-corrected chi connectivity index (χ3v) is 5.30. The highest BCUT2D eigenvalue weighted by Crippen LogP contribution is 2.18. The van der Waals surface area contributed by atoms with Gasteiger partial charge >= 0.3 is 0 Å². The van der Waals surface area contributed by atoms with E-state index in [4.69, 9.17) is 0 Å². The highest BCUT2D eigenvalue weighted by atomic mass is 16.2. The van der Waals surface area contributed by atoms with Gasteiger partial charge in [-0.2, -0.15) is 0 Å². The fourth-order valence-electron chi connectivity index (χ4n) is 3.67. The van der Waals surface area contributed by atoms with E-state index in [2.05, 4.69) is 46.6 Å². The first-order valence-corrected chi connectivity index (χ1v) is 9.50. The fourth-order valence-corrected chi connectivity index (χ4v) is 3.67. The molecule has 0 radical (unpaired) electrons. The molecular weight excluding hydrogens is 302 g/mol. The van der Waals surface area contributed by atoms with Crippen molar-refractivity contribution in [3.8, 4) is 0 Å². The second kappa shape index (κ2) is 9.25. The van der Waals surface area contributed by atoms with Crippen molar-refractivity contribution in [2.24, 2.45) is 10.9 Å². The molecule has 6 nitrogen and oxygen atoms in total. The predicted molar refractivity (Wildman–Crippen MR) is 99.2 cm³/mol. The van der Waals surface area contributed by atoms with Crippen molar-refractivity contribution >= 4 is 11.9 Å². The van der Waals surface area contributed by atoms with Gasteiger partial charge in [0.2, 0.25) is 5.91 Å². The van der Waals surface area contributed by atoms with E-state index < -0.39 is 0 Å². The van der Waals surface area contributed by atoms with Gasteiger partial charge in [-0.15, -0.1) is 0 Å². The minimum atomic E-state index is 0.0631. The third kappa shape index (κ3) is 5.65. The van der Waals surface area contributed by atoms with E-state index in [0.717, 1.165) is 31.9 Å². The summed E-state index contributed by atoms with van der Waals surface area (Å²) in [5.41, 5.74) is 0. The van der Waals surface area contributed by atoms with Crippen LogP contribution in [0.15, 0.2) is 4.99 Å². The topological polar surface area (TPSA) is 68.8 Å². The standard InChI is InChI=1S/C18H35N5O/c1-13(2)23-11-14(3)16(12-23)22-18(19-4)20-10-17(24)21-15-8-6-5-7-9-15/h13-16H,5-12H2,1-4H3,(H,21,24)(H2,19,20,22). The minimum absolute atomic E-state index is 0.0631. The van der Waals surface area contributed by atoms with Crippen LogP contribution >= 0.6 is 0 Å². The number of carbonyl (C=O) groups is 1. The number of hydrogen-bond acceptors (Lipinski definition) is 3. The Morgan fingerprint density at radius 1 is 1.17 bits per heavy atom. The summed E-state index contributed by atoms with van der Waals surface area (Å²) in [6, 6.07) is 1.30. The molecule has 0 aromatic rings. The Morgan fingerprint density at radius 2 is 1.88 bits per heavy atom. The first kappa shape index (κ1) is 19.0. The van der Waals surface area contributed by atoms with Gasteiger partial charge in [0.15, 0.2) is 5.96 Å². The lowest BCUT2D eigenvalue weighted by molar-refractivity contribution is -0.120. The van der Waals surface area contributed by atoms with E-state index in [1.54, 1.807) is 7.05 Å². The molecule has 1 saturated heterocycles. The second-order valence-electron chi connectivity index (χ2n) is 7.60. The Balaban J connectivity index is 1.73. The SMILES string of the molecule is CN=C(NCC(=O)NC1CCCCC1)NC1CN(C(C)C)CC1C. The average Bonchev–Trinajstić information content (AvgIpc) is 2.93. The molecule has 3 N–H and O–H groups in total. The molecular formula is C18H35N5O. The second-order valence-corrected chi connectivity index (χ2v) is 7.60. The van der Waals surface area contributed by atoms with Gasteiger partial charge in [0.25, 0.3) is 0 Å². The van der Waals surface area contributed by atoms with Crippen molar-refractivity contribution in [2.75, 3.05) is 26.7 Å². The number of guanidine groups is 1. The van der Waals surface area contributed by atoms with Crippen LogP contribution in [-0.2, 0) is 4.79 Å². The largest absolute Gasteiger partial charge is 0.352 e. The zero-order valence-electron chi connectivity index (χ0n) is 15.8. The quantitative estimate of drug-likeness (QED) is 0.523. The van der Waals surface area contributed by atoms with E-state index in [9.17, 15) is 4.79 Å². The number of aliphatic imine (C=N–C) groups is 1. The van der Waals surface area contributed by atoms with Crippen molar-refractivity contribution in [3.05, 3.63) is 0 Å². The van der Waals surface area contributed by atoms with Crippen molar-refractivity contribution in [1.29, 1.82) is 0 Å². The maximum absolute atomic E-state index is 12.1. The van der Waals surface area contributed by atoms with Crippen LogP contribution in [0.1, 0.15) is 52.9 Å². The number of rotatable bonds is 5. The van der Waals surface area contributed by atoms with Crippen LogP contribution in [-0.4, -0.2) is 61.6 Å². The van der Waals surface area contributed by atoms with Gasteiger partial charge in [0.1, 0.15) is 0 Å². The number of nitrogens with one attached hydrogen (secondary N) is 3. The van der Waals surface area contributed by atoms with Crippen molar-refractivity contribution in [2.45, 2.75) is 71.0 Å².